The van der Waals surface area contributed by atoms with Crippen LogP contribution in [0.25, 0.3) is 0 Å². The summed E-state index contributed by atoms with van der Waals surface area (Å²) in [5.74, 6) is -1.18. The third-order valence-corrected chi connectivity index (χ3v) is 3.80. The van der Waals surface area contributed by atoms with Gasteiger partial charge in [0.2, 0.25) is 0 Å². The van der Waals surface area contributed by atoms with Crippen molar-refractivity contribution in [3.8, 4) is 0 Å². The average Bonchev–Trinajstić information content (AvgIpc) is 3.13. The first-order valence-corrected chi connectivity index (χ1v) is 7.60. The highest BCUT2D eigenvalue weighted by Gasteiger charge is 2.56. The largest absolute Gasteiger partial charge is 0.463 e. The molecule has 8 nitrogen and oxygen atoms in total. The monoisotopic (exact) mass is 342 g/mol. The number of ether oxygens (including phenoxy) is 5. The van der Waals surface area contributed by atoms with Gasteiger partial charge in [-0.2, -0.15) is 0 Å². The fourth-order valence-corrected chi connectivity index (χ4v) is 2.79. The summed E-state index contributed by atoms with van der Waals surface area (Å²) in [5, 5.41) is 0.206. The molecular formula is C14H18N2O6S. The highest BCUT2D eigenvalue weighted by molar-refractivity contribution is 7.80. The van der Waals surface area contributed by atoms with Crippen molar-refractivity contribution in [3.05, 3.63) is 18.7 Å². The second-order valence-electron chi connectivity index (χ2n) is 5.76. The predicted octanol–water partition coefficient (Wildman–Crippen LogP) is 0.841. The summed E-state index contributed by atoms with van der Waals surface area (Å²) >= 11 is 5.26. The van der Waals surface area contributed by atoms with E-state index in [-0.39, 0.29) is 11.8 Å². The van der Waals surface area contributed by atoms with E-state index < -0.39 is 36.4 Å². The minimum absolute atomic E-state index is 0.0344. The summed E-state index contributed by atoms with van der Waals surface area (Å²) in [4.78, 5) is 15.0. The quantitative estimate of drug-likeness (QED) is 0.590. The molecule has 1 aromatic heterocycles. The Bertz CT molecular complexity index is 590. The Morgan fingerprint density at radius 1 is 1.43 bits per heavy atom. The van der Waals surface area contributed by atoms with Crippen LogP contribution < -0.4 is 0 Å². The van der Waals surface area contributed by atoms with Crippen LogP contribution in [0.15, 0.2) is 18.7 Å². The van der Waals surface area contributed by atoms with Gasteiger partial charge in [-0.15, -0.1) is 0 Å². The number of carbonyl (C=O) groups excluding carboxylic acids is 1. The smallest absolute Gasteiger partial charge is 0.302 e. The highest BCUT2D eigenvalue weighted by Crippen LogP contribution is 2.39. The van der Waals surface area contributed by atoms with Gasteiger partial charge in [-0.1, -0.05) is 0 Å². The van der Waals surface area contributed by atoms with E-state index in [0.717, 1.165) is 0 Å². The lowest BCUT2D eigenvalue weighted by Gasteiger charge is -2.26. The van der Waals surface area contributed by atoms with Gasteiger partial charge in [-0.05, 0) is 26.1 Å². The molecule has 0 aromatic carbocycles. The summed E-state index contributed by atoms with van der Waals surface area (Å²) in [6.45, 7) is 4.95. The van der Waals surface area contributed by atoms with Crippen LogP contribution in [0.1, 0.15) is 20.8 Å². The maximum atomic E-state index is 11.0. The normalized spacial score (nSPS) is 31.6. The molecule has 0 N–H and O–H groups in total. The number of fused-ring (bicyclic) bond motifs is 1. The molecule has 4 atom stereocenters. The zero-order valence-electron chi connectivity index (χ0n) is 13.0. The molecule has 0 amide bonds. The first-order chi connectivity index (χ1) is 10.9. The number of hydrogen-bond acceptors (Lipinski definition) is 8. The van der Waals surface area contributed by atoms with Crippen molar-refractivity contribution in [3.63, 3.8) is 0 Å². The molecule has 0 radical (unpaired) electrons. The summed E-state index contributed by atoms with van der Waals surface area (Å²) in [7, 11) is 0. The summed E-state index contributed by atoms with van der Waals surface area (Å²) in [5.41, 5.74) is 0. The second-order valence-corrected chi connectivity index (χ2v) is 6.11. The van der Waals surface area contributed by atoms with Gasteiger partial charge in [0.1, 0.15) is 19.0 Å². The summed E-state index contributed by atoms with van der Waals surface area (Å²) < 4.78 is 29.7. The van der Waals surface area contributed by atoms with Gasteiger partial charge in [0, 0.05) is 19.3 Å². The van der Waals surface area contributed by atoms with Crippen LogP contribution in [0.3, 0.4) is 0 Å². The molecule has 2 saturated heterocycles. The summed E-state index contributed by atoms with van der Waals surface area (Å²) in [6.07, 6.45) is 2.65. The van der Waals surface area contributed by atoms with E-state index in [4.69, 9.17) is 35.9 Å². The number of imidazole rings is 1. The molecule has 23 heavy (non-hydrogen) atoms. The number of esters is 1. The zero-order chi connectivity index (χ0) is 16.6. The van der Waals surface area contributed by atoms with E-state index in [9.17, 15) is 4.79 Å². The fraction of sp³-hybridized carbons (Fsp3) is 0.643. The maximum absolute atomic E-state index is 11.0. The number of aromatic nitrogens is 2. The van der Waals surface area contributed by atoms with Gasteiger partial charge in [0.15, 0.2) is 24.3 Å². The molecule has 9 heteroatoms. The molecular weight excluding hydrogens is 324 g/mol. The molecule has 126 valence electrons. The van der Waals surface area contributed by atoms with Gasteiger partial charge in [-0.3, -0.25) is 9.36 Å². The lowest BCUT2D eigenvalue weighted by atomic mass is 10.1. The van der Waals surface area contributed by atoms with Gasteiger partial charge < -0.3 is 23.7 Å². The number of hydrogen-bond donors (Lipinski definition) is 0. The Morgan fingerprint density at radius 3 is 2.87 bits per heavy atom. The SMILES string of the molecule is CC(=O)OC[C@H]1O[C@H]2OC(C)(C)OC2[C@H]1OC(=S)n1ccnc1. The van der Waals surface area contributed by atoms with E-state index in [1.165, 1.54) is 13.3 Å². The third-order valence-electron chi connectivity index (χ3n) is 3.49. The van der Waals surface area contributed by atoms with Crippen molar-refractivity contribution in [1.82, 2.24) is 9.55 Å². The molecule has 0 aliphatic carbocycles. The lowest BCUT2D eigenvalue weighted by molar-refractivity contribution is -0.219. The van der Waals surface area contributed by atoms with Crippen LogP contribution >= 0.6 is 12.2 Å². The first-order valence-electron chi connectivity index (χ1n) is 7.19. The fourth-order valence-electron chi connectivity index (χ4n) is 2.57. The van der Waals surface area contributed by atoms with Crippen molar-refractivity contribution in [1.29, 1.82) is 0 Å². The molecule has 3 heterocycles. The van der Waals surface area contributed by atoms with E-state index in [1.54, 1.807) is 30.8 Å². The maximum Gasteiger partial charge on any atom is 0.302 e. The molecule has 0 spiro atoms. The molecule has 0 saturated carbocycles. The zero-order valence-corrected chi connectivity index (χ0v) is 13.8. The standard InChI is InChI=1S/C14H18N2O6S/c1-8(17)18-6-9-10(20-13(23)16-5-4-15-7-16)11-12(19-9)22-14(2,3)21-11/h4-5,7,9-12H,6H2,1-3H3/t9-,10+,11?,12+/m1/s1. The summed E-state index contributed by atoms with van der Waals surface area (Å²) in [6, 6.07) is 0. The van der Waals surface area contributed by atoms with E-state index >= 15 is 0 Å². The highest BCUT2D eigenvalue weighted by atomic mass is 32.1. The molecule has 0 bridgehead atoms. The van der Waals surface area contributed by atoms with Crippen molar-refractivity contribution in [2.24, 2.45) is 0 Å². The van der Waals surface area contributed by atoms with Gasteiger partial charge in [0.05, 0.1) is 0 Å². The van der Waals surface area contributed by atoms with Crippen LogP contribution in [-0.2, 0) is 28.5 Å². The predicted molar refractivity (Wildman–Crippen MR) is 80.4 cm³/mol. The lowest BCUT2D eigenvalue weighted by Crippen LogP contribution is -2.41. The first kappa shape index (κ1) is 16.3. The molecule has 1 aromatic rings. The molecule has 1 unspecified atom stereocenters. The Labute approximate surface area is 138 Å². The van der Waals surface area contributed by atoms with E-state index in [2.05, 4.69) is 4.98 Å². The Balaban J connectivity index is 1.73. The van der Waals surface area contributed by atoms with Gasteiger partial charge in [0.25, 0.3) is 5.17 Å². The minimum Gasteiger partial charge on any atom is -0.463 e. The Kier molecular flexibility index (Phi) is 4.37. The second kappa shape index (κ2) is 6.16. The van der Waals surface area contributed by atoms with E-state index in [1.807, 2.05) is 0 Å². The Hall–Kier alpha value is -1.55. The van der Waals surface area contributed by atoms with E-state index in [0.29, 0.717) is 0 Å². The molecule has 2 aliphatic heterocycles. The van der Waals surface area contributed by atoms with Crippen molar-refractivity contribution >= 4 is 23.4 Å². The van der Waals surface area contributed by atoms with Crippen molar-refractivity contribution in [2.45, 2.75) is 51.2 Å². The van der Waals surface area contributed by atoms with Crippen LogP contribution in [0.5, 0.6) is 0 Å². The van der Waals surface area contributed by atoms with Crippen molar-refractivity contribution < 1.29 is 28.5 Å². The van der Waals surface area contributed by atoms with Gasteiger partial charge >= 0.3 is 5.97 Å². The average molecular weight is 342 g/mol. The van der Waals surface area contributed by atoms with Gasteiger partial charge in [-0.25, -0.2) is 4.98 Å². The number of nitrogens with zero attached hydrogens (tertiary/aromatic N) is 2. The van der Waals surface area contributed by atoms with Crippen molar-refractivity contribution in [2.75, 3.05) is 6.61 Å². The van der Waals surface area contributed by atoms with Crippen LogP contribution in [0, 0.1) is 0 Å². The third kappa shape index (κ3) is 3.52. The molecule has 2 fully saturated rings. The minimum atomic E-state index is -0.778. The molecule has 2 aliphatic rings. The number of rotatable bonds is 3. The Morgan fingerprint density at radius 2 is 2.22 bits per heavy atom. The molecule has 3 rings (SSSR count). The number of carbonyl (C=O) groups is 1. The topological polar surface area (TPSA) is 81.0 Å². The van der Waals surface area contributed by atoms with Crippen LogP contribution in [0.4, 0.5) is 0 Å². The number of thiocarbonyl (C=S) groups is 1. The van der Waals surface area contributed by atoms with Crippen LogP contribution in [0.2, 0.25) is 0 Å². The van der Waals surface area contributed by atoms with Crippen LogP contribution in [-0.4, -0.2) is 57.7 Å².